The van der Waals surface area contributed by atoms with Gasteiger partial charge in [0.1, 0.15) is 5.69 Å². The minimum absolute atomic E-state index is 0.287. The molecule has 1 aliphatic rings. The third-order valence-corrected chi connectivity index (χ3v) is 3.99. The van der Waals surface area contributed by atoms with Crippen LogP contribution in [0.2, 0.25) is 0 Å². The Bertz CT molecular complexity index is 444. The van der Waals surface area contributed by atoms with Crippen molar-refractivity contribution in [2.75, 3.05) is 11.9 Å². The van der Waals surface area contributed by atoms with E-state index in [0.717, 1.165) is 38.0 Å². The van der Waals surface area contributed by atoms with Crippen LogP contribution < -0.4 is 5.32 Å². The van der Waals surface area contributed by atoms with E-state index in [0.29, 0.717) is 5.92 Å². The first-order chi connectivity index (χ1) is 9.49. The Morgan fingerprint density at radius 3 is 2.10 bits per heavy atom. The molecular formula is C14H18F4N2. The second-order valence-electron chi connectivity index (χ2n) is 5.54. The number of hydrogen-bond acceptors (Lipinski definition) is 2. The lowest BCUT2D eigenvalue weighted by Crippen LogP contribution is -2.17. The fourth-order valence-corrected chi connectivity index (χ4v) is 2.66. The standard InChI is InChI=1S/C14H18F4N2/c1-8-2-4-9(5-3-8)6-7-19-12-10(15)13(17)20-14(18)11(12)16/h8-9H,2-7H2,1H3,(H,19,20). The molecule has 2 nitrogen and oxygen atoms in total. The van der Waals surface area contributed by atoms with Crippen LogP contribution in [0.3, 0.4) is 0 Å². The monoisotopic (exact) mass is 290 g/mol. The lowest BCUT2D eigenvalue weighted by atomic mass is 9.81. The molecule has 0 amide bonds. The second-order valence-corrected chi connectivity index (χ2v) is 5.54. The fourth-order valence-electron chi connectivity index (χ4n) is 2.66. The smallest absolute Gasteiger partial charge is 0.253 e. The van der Waals surface area contributed by atoms with Crippen molar-refractivity contribution < 1.29 is 17.6 Å². The Kier molecular flexibility index (Phi) is 4.83. The van der Waals surface area contributed by atoms with Crippen LogP contribution in [0, 0.1) is 35.4 Å². The number of nitrogens with one attached hydrogen (secondary N) is 1. The third-order valence-electron chi connectivity index (χ3n) is 3.99. The minimum atomic E-state index is -1.63. The average Bonchev–Trinajstić information content (AvgIpc) is 2.42. The molecule has 20 heavy (non-hydrogen) atoms. The van der Waals surface area contributed by atoms with E-state index in [1.165, 1.54) is 0 Å². The molecule has 1 heterocycles. The second kappa shape index (κ2) is 6.41. The van der Waals surface area contributed by atoms with Crippen molar-refractivity contribution in [3.63, 3.8) is 0 Å². The molecule has 112 valence electrons. The topological polar surface area (TPSA) is 24.9 Å². The molecule has 1 N–H and O–H groups in total. The van der Waals surface area contributed by atoms with Crippen LogP contribution in [0.25, 0.3) is 0 Å². The molecule has 1 aromatic rings. The van der Waals surface area contributed by atoms with Crippen LogP contribution in [-0.2, 0) is 0 Å². The van der Waals surface area contributed by atoms with Gasteiger partial charge in [-0.15, -0.1) is 0 Å². The van der Waals surface area contributed by atoms with Crippen LogP contribution in [0.5, 0.6) is 0 Å². The predicted molar refractivity (Wildman–Crippen MR) is 68.3 cm³/mol. The number of hydrogen-bond donors (Lipinski definition) is 1. The van der Waals surface area contributed by atoms with Crippen molar-refractivity contribution in [2.24, 2.45) is 11.8 Å². The van der Waals surface area contributed by atoms with E-state index in [-0.39, 0.29) is 6.54 Å². The van der Waals surface area contributed by atoms with Crippen LogP contribution in [-0.4, -0.2) is 11.5 Å². The van der Waals surface area contributed by atoms with Gasteiger partial charge < -0.3 is 5.32 Å². The van der Waals surface area contributed by atoms with Gasteiger partial charge in [-0.1, -0.05) is 32.6 Å². The van der Waals surface area contributed by atoms with E-state index in [1.54, 1.807) is 0 Å². The zero-order valence-corrected chi connectivity index (χ0v) is 11.4. The molecule has 0 radical (unpaired) electrons. The van der Waals surface area contributed by atoms with Gasteiger partial charge in [0.2, 0.25) is 11.6 Å². The molecule has 1 saturated carbocycles. The van der Waals surface area contributed by atoms with Gasteiger partial charge in [-0.2, -0.15) is 22.5 Å². The number of anilines is 1. The maximum atomic E-state index is 13.4. The number of halogens is 4. The number of aromatic nitrogens is 1. The summed E-state index contributed by atoms with van der Waals surface area (Å²) < 4.78 is 52.5. The quantitative estimate of drug-likeness (QED) is 0.662. The van der Waals surface area contributed by atoms with Crippen LogP contribution >= 0.6 is 0 Å². The molecule has 0 bridgehead atoms. The molecule has 0 aliphatic heterocycles. The van der Waals surface area contributed by atoms with Crippen molar-refractivity contribution in [3.8, 4) is 0 Å². The van der Waals surface area contributed by atoms with Crippen molar-refractivity contribution in [2.45, 2.75) is 39.0 Å². The van der Waals surface area contributed by atoms with Gasteiger partial charge in [0.25, 0.3) is 11.9 Å². The first-order valence-electron chi connectivity index (χ1n) is 6.93. The first-order valence-corrected chi connectivity index (χ1v) is 6.93. The van der Waals surface area contributed by atoms with Gasteiger partial charge >= 0.3 is 0 Å². The Balaban J connectivity index is 1.91. The van der Waals surface area contributed by atoms with Crippen molar-refractivity contribution in [1.29, 1.82) is 0 Å². The molecule has 1 fully saturated rings. The van der Waals surface area contributed by atoms with Gasteiger partial charge in [0, 0.05) is 6.54 Å². The average molecular weight is 290 g/mol. The molecule has 1 aliphatic carbocycles. The summed E-state index contributed by atoms with van der Waals surface area (Å²) in [4.78, 5) is 2.52. The van der Waals surface area contributed by atoms with E-state index in [9.17, 15) is 17.6 Å². The van der Waals surface area contributed by atoms with Gasteiger partial charge in [-0.3, -0.25) is 0 Å². The number of rotatable bonds is 4. The predicted octanol–water partition coefficient (Wildman–Crippen LogP) is 4.27. The lowest BCUT2D eigenvalue weighted by molar-refractivity contribution is 0.281. The molecule has 0 aromatic carbocycles. The minimum Gasteiger partial charge on any atom is -0.380 e. The maximum absolute atomic E-state index is 13.4. The van der Waals surface area contributed by atoms with Gasteiger partial charge in [-0.05, 0) is 18.3 Å². The highest BCUT2D eigenvalue weighted by Crippen LogP contribution is 2.30. The lowest BCUT2D eigenvalue weighted by Gasteiger charge is -2.26. The molecule has 6 heteroatoms. The summed E-state index contributed by atoms with van der Waals surface area (Å²) in [6, 6.07) is 0. The number of pyridine rings is 1. The number of nitrogens with zero attached hydrogens (tertiary/aromatic N) is 1. The molecule has 0 saturated heterocycles. The summed E-state index contributed by atoms with van der Waals surface area (Å²) in [5, 5.41) is 2.45. The SMILES string of the molecule is CC1CCC(CCNc2c(F)c(F)nc(F)c2F)CC1. The molecule has 0 unspecified atom stereocenters. The summed E-state index contributed by atoms with van der Waals surface area (Å²) >= 11 is 0. The largest absolute Gasteiger partial charge is 0.380 e. The Labute approximate surface area is 115 Å². The Hall–Kier alpha value is -1.33. The van der Waals surface area contributed by atoms with E-state index < -0.39 is 29.2 Å². The Morgan fingerprint density at radius 2 is 1.55 bits per heavy atom. The molecule has 0 spiro atoms. The van der Waals surface area contributed by atoms with Crippen LogP contribution in [0.15, 0.2) is 0 Å². The van der Waals surface area contributed by atoms with Crippen LogP contribution in [0.4, 0.5) is 23.2 Å². The molecular weight excluding hydrogens is 272 g/mol. The van der Waals surface area contributed by atoms with E-state index in [1.807, 2.05) is 0 Å². The van der Waals surface area contributed by atoms with Crippen LogP contribution in [0.1, 0.15) is 39.0 Å². The molecule has 0 atom stereocenters. The summed E-state index contributed by atoms with van der Waals surface area (Å²) in [5.41, 5.74) is -0.765. The van der Waals surface area contributed by atoms with Crippen molar-refractivity contribution in [1.82, 2.24) is 4.98 Å². The highest BCUT2D eigenvalue weighted by molar-refractivity contribution is 5.45. The zero-order valence-electron chi connectivity index (χ0n) is 11.4. The highest BCUT2D eigenvalue weighted by Gasteiger charge is 2.21. The first kappa shape index (κ1) is 15.1. The summed E-state index contributed by atoms with van der Waals surface area (Å²) in [5.74, 6) is -4.96. The van der Waals surface area contributed by atoms with E-state index >= 15 is 0 Å². The molecule has 1 aromatic heterocycles. The van der Waals surface area contributed by atoms with Crippen molar-refractivity contribution in [3.05, 3.63) is 23.5 Å². The summed E-state index contributed by atoms with van der Waals surface area (Å²) in [7, 11) is 0. The zero-order chi connectivity index (χ0) is 14.7. The maximum Gasteiger partial charge on any atom is 0.253 e. The fraction of sp³-hybridized carbons (Fsp3) is 0.643. The third kappa shape index (κ3) is 3.41. The van der Waals surface area contributed by atoms with Gasteiger partial charge in [0.05, 0.1) is 0 Å². The Morgan fingerprint density at radius 1 is 1.00 bits per heavy atom. The van der Waals surface area contributed by atoms with Gasteiger partial charge in [-0.25, -0.2) is 0 Å². The van der Waals surface area contributed by atoms with Crippen molar-refractivity contribution >= 4 is 5.69 Å². The highest BCUT2D eigenvalue weighted by atomic mass is 19.2. The summed E-state index contributed by atoms with van der Waals surface area (Å²) in [6.45, 7) is 2.50. The van der Waals surface area contributed by atoms with Gasteiger partial charge in [0.15, 0.2) is 0 Å². The molecule has 2 rings (SSSR count). The van der Waals surface area contributed by atoms with E-state index in [4.69, 9.17) is 0 Å². The summed E-state index contributed by atoms with van der Waals surface area (Å²) in [6.07, 6.45) is 5.23. The normalized spacial score (nSPS) is 22.9. The van der Waals surface area contributed by atoms with E-state index in [2.05, 4.69) is 17.2 Å².